The average Bonchev–Trinajstić information content (AvgIpc) is 2.59. The molecule has 2 rings (SSSR count). The van der Waals surface area contributed by atoms with Crippen molar-refractivity contribution in [3.05, 3.63) is 70.8 Å². The molecule has 0 bridgehead atoms. The van der Waals surface area contributed by atoms with Gasteiger partial charge in [-0.05, 0) is 35.9 Å². The Balaban J connectivity index is 1.86. The molecule has 0 aromatic heterocycles. The number of amides is 2. The van der Waals surface area contributed by atoms with Crippen LogP contribution in [0.4, 0.5) is 8.78 Å². The van der Waals surface area contributed by atoms with Gasteiger partial charge >= 0.3 is 6.61 Å². The highest BCUT2D eigenvalue weighted by Crippen LogP contribution is 2.16. The van der Waals surface area contributed by atoms with Gasteiger partial charge in [0, 0.05) is 6.08 Å². The fourth-order valence-corrected chi connectivity index (χ4v) is 2.03. The van der Waals surface area contributed by atoms with E-state index in [1.807, 2.05) is 0 Å². The highest BCUT2D eigenvalue weighted by molar-refractivity contribution is 6.33. The first-order chi connectivity index (χ1) is 12.0. The maximum absolute atomic E-state index is 12.0. The Hall–Kier alpha value is -2.93. The van der Waals surface area contributed by atoms with Crippen LogP contribution in [0.15, 0.2) is 54.6 Å². The Morgan fingerprint density at radius 2 is 1.72 bits per heavy atom. The van der Waals surface area contributed by atoms with E-state index < -0.39 is 18.4 Å². The Kier molecular flexibility index (Phi) is 6.47. The van der Waals surface area contributed by atoms with Gasteiger partial charge in [0.05, 0.1) is 10.6 Å². The SMILES string of the molecule is O=C(/C=C/c1ccc(OC(F)F)cc1)NNC(=O)c1ccccc1Cl. The molecular formula is C17H13ClF2N2O3. The van der Waals surface area contributed by atoms with Gasteiger partial charge < -0.3 is 4.74 Å². The number of hydrogen-bond acceptors (Lipinski definition) is 3. The van der Waals surface area contributed by atoms with Crippen LogP contribution in [0.5, 0.6) is 5.75 Å². The molecule has 0 fully saturated rings. The van der Waals surface area contributed by atoms with Crippen LogP contribution in [0.25, 0.3) is 6.08 Å². The van der Waals surface area contributed by atoms with Crippen LogP contribution in [0, 0.1) is 0 Å². The van der Waals surface area contributed by atoms with E-state index in [0.717, 1.165) is 0 Å². The third-order valence-corrected chi connectivity index (χ3v) is 3.28. The standard InChI is InChI=1S/C17H13ClF2N2O3/c18-14-4-2-1-3-13(14)16(24)22-21-15(23)10-7-11-5-8-12(9-6-11)25-17(19)20/h1-10,17H,(H,21,23)(H,22,24)/b10-7+. The molecule has 5 nitrogen and oxygen atoms in total. The van der Waals surface area contributed by atoms with Crippen molar-refractivity contribution in [1.29, 1.82) is 0 Å². The van der Waals surface area contributed by atoms with Crippen LogP contribution in [0.2, 0.25) is 5.02 Å². The molecule has 8 heteroatoms. The smallest absolute Gasteiger partial charge is 0.387 e. The van der Waals surface area contributed by atoms with Crippen molar-refractivity contribution in [2.75, 3.05) is 0 Å². The normalized spacial score (nSPS) is 10.7. The molecule has 0 aliphatic rings. The average molecular weight is 367 g/mol. The molecule has 0 radical (unpaired) electrons. The zero-order valence-corrected chi connectivity index (χ0v) is 13.5. The van der Waals surface area contributed by atoms with Gasteiger partial charge in [-0.25, -0.2) is 0 Å². The lowest BCUT2D eigenvalue weighted by atomic mass is 10.2. The van der Waals surface area contributed by atoms with Crippen LogP contribution >= 0.6 is 11.6 Å². The first-order valence-corrected chi connectivity index (χ1v) is 7.41. The maximum atomic E-state index is 12.0. The van der Waals surface area contributed by atoms with E-state index in [-0.39, 0.29) is 16.3 Å². The van der Waals surface area contributed by atoms with E-state index in [0.29, 0.717) is 5.56 Å². The van der Waals surface area contributed by atoms with Gasteiger partial charge in [0.1, 0.15) is 5.75 Å². The number of ether oxygens (including phenoxy) is 1. The molecule has 2 amide bonds. The van der Waals surface area contributed by atoms with Gasteiger partial charge in [0.25, 0.3) is 11.8 Å². The van der Waals surface area contributed by atoms with Crippen LogP contribution < -0.4 is 15.6 Å². The van der Waals surface area contributed by atoms with Gasteiger partial charge in [0.2, 0.25) is 0 Å². The van der Waals surface area contributed by atoms with Crippen molar-refractivity contribution in [3.63, 3.8) is 0 Å². The number of rotatable bonds is 5. The molecule has 0 heterocycles. The predicted octanol–water partition coefficient (Wildman–Crippen LogP) is 3.42. The lowest BCUT2D eigenvalue weighted by molar-refractivity contribution is -0.117. The highest BCUT2D eigenvalue weighted by Gasteiger charge is 2.09. The molecule has 0 atom stereocenters. The number of carbonyl (C=O) groups excluding carboxylic acids is 2. The van der Waals surface area contributed by atoms with Crippen molar-refractivity contribution < 1.29 is 23.1 Å². The molecule has 0 saturated heterocycles. The second kappa shape index (κ2) is 8.79. The summed E-state index contributed by atoms with van der Waals surface area (Å²) in [6, 6.07) is 12.1. The van der Waals surface area contributed by atoms with Crippen molar-refractivity contribution in [3.8, 4) is 5.75 Å². The Bertz CT molecular complexity index is 780. The summed E-state index contributed by atoms with van der Waals surface area (Å²) in [5.41, 5.74) is 5.25. The lowest BCUT2D eigenvalue weighted by Crippen LogP contribution is -2.40. The molecule has 2 N–H and O–H groups in total. The summed E-state index contributed by atoms with van der Waals surface area (Å²) >= 11 is 5.88. The predicted molar refractivity (Wildman–Crippen MR) is 89.2 cm³/mol. The molecule has 2 aromatic carbocycles. The lowest BCUT2D eigenvalue weighted by Gasteiger charge is -2.06. The third kappa shape index (κ3) is 5.89. The van der Waals surface area contributed by atoms with Crippen molar-refractivity contribution in [2.24, 2.45) is 0 Å². The molecule has 0 saturated carbocycles. The van der Waals surface area contributed by atoms with Crippen LogP contribution in [0.1, 0.15) is 15.9 Å². The summed E-state index contributed by atoms with van der Waals surface area (Å²) in [6.07, 6.45) is 2.62. The van der Waals surface area contributed by atoms with Crippen LogP contribution in [-0.4, -0.2) is 18.4 Å². The molecule has 130 valence electrons. The summed E-state index contributed by atoms with van der Waals surface area (Å²) in [6.45, 7) is -2.89. The summed E-state index contributed by atoms with van der Waals surface area (Å²) in [7, 11) is 0. The highest BCUT2D eigenvalue weighted by atomic mass is 35.5. The van der Waals surface area contributed by atoms with Crippen LogP contribution in [0.3, 0.4) is 0 Å². The molecule has 0 spiro atoms. The van der Waals surface area contributed by atoms with Gasteiger partial charge in [-0.15, -0.1) is 0 Å². The minimum Gasteiger partial charge on any atom is -0.435 e. The quantitative estimate of drug-likeness (QED) is 0.629. The number of nitrogens with one attached hydrogen (secondary N) is 2. The monoisotopic (exact) mass is 366 g/mol. The maximum Gasteiger partial charge on any atom is 0.387 e. The molecule has 0 aliphatic carbocycles. The Morgan fingerprint density at radius 3 is 2.36 bits per heavy atom. The van der Waals surface area contributed by atoms with E-state index in [2.05, 4.69) is 15.6 Å². The minimum absolute atomic E-state index is 0.0172. The summed E-state index contributed by atoms with van der Waals surface area (Å²) in [5, 5.41) is 0.260. The number of hydrazine groups is 1. The topological polar surface area (TPSA) is 67.4 Å². The van der Waals surface area contributed by atoms with E-state index in [1.54, 1.807) is 18.2 Å². The largest absolute Gasteiger partial charge is 0.435 e. The zero-order chi connectivity index (χ0) is 18.2. The molecular weight excluding hydrogens is 354 g/mol. The molecule has 25 heavy (non-hydrogen) atoms. The number of halogens is 3. The zero-order valence-electron chi connectivity index (χ0n) is 12.7. The van der Waals surface area contributed by atoms with Crippen molar-refractivity contribution >= 4 is 29.5 Å². The number of hydrogen-bond donors (Lipinski definition) is 2. The van der Waals surface area contributed by atoms with Gasteiger partial charge in [-0.3, -0.25) is 20.4 Å². The van der Waals surface area contributed by atoms with Gasteiger partial charge in [-0.2, -0.15) is 8.78 Å². The first kappa shape index (κ1) is 18.4. The van der Waals surface area contributed by atoms with Gasteiger partial charge in [0.15, 0.2) is 0 Å². The molecule has 0 aliphatic heterocycles. The number of alkyl halides is 2. The van der Waals surface area contributed by atoms with E-state index >= 15 is 0 Å². The summed E-state index contributed by atoms with van der Waals surface area (Å²) in [4.78, 5) is 23.5. The Morgan fingerprint density at radius 1 is 1.04 bits per heavy atom. The number of carbonyl (C=O) groups is 2. The summed E-state index contributed by atoms with van der Waals surface area (Å²) in [5.74, 6) is -1.11. The van der Waals surface area contributed by atoms with E-state index in [1.165, 1.54) is 42.5 Å². The second-order valence-electron chi connectivity index (χ2n) is 4.70. The summed E-state index contributed by atoms with van der Waals surface area (Å²) < 4.78 is 28.3. The third-order valence-electron chi connectivity index (χ3n) is 2.95. The second-order valence-corrected chi connectivity index (χ2v) is 5.11. The molecule has 2 aromatic rings. The van der Waals surface area contributed by atoms with E-state index in [4.69, 9.17) is 11.6 Å². The Labute approximate surface area is 147 Å². The first-order valence-electron chi connectivity index (χ1n) is 7.03. The number of benzene rings is 2. The van der Waals surface area contributed by atoms with E-state index in [9.17, 15) is 18.4 Å². The van der Waals surface area contributed by atoms with Crippen LogP contribution in [-0.2, 0) is 4.79 Å². The minimum atomic E-state index is -2.89. The van der Waals surface area contributed by atoms with Gasteiger partial charge in [-0.1, -0.05) is 35.9 Å². The fourth-order valence-electron chi connectivity index (χ4n) is 1.81. The van der Waals surface area contributed by atoms with Crippen molar-refractivity contribution in [1.82, 2.24) is 10.9 Å². The fraction of sp³-hybridized carbons (Fsp3) is 0.0588. The van der Waals surface area contributed by atoms with Crippen molar-refractivity contribution in [2.45, 2.75) is 6.61 Å². The molecule has 0 unspecified atom stereocenters.